The molecule has 1 aliphatic rings. The van der Waals surface area contributed by atoms with Crippen molar-refractivity contribution in [3.8, 4) is 0 Å². The summed E-state index contributed by atoms with van der Waals surface area (Å²) in [6.45, 7) is 0.447. The fraction of sp³-hybridized carbons (Fsp3) is 0.364. The fourth-order valence-electron chi connectivity index (χ4n) is 1.73. The maximum atomic E-state index is 12.2. The maximum Gasteiger partial charge on any atom is 0.334 e. The number of aliphatic carboxylic acids is 1. The Balaban J connectivity index is 2.19. The molecule has 0 spiro atoms. The van der Waals surface area contributed by atoms with Gasteiger partial charge in [-0.25, -0.2) is 9.78 Å². The molecule has 0 saturated carbocycles. The predicted molar refractivity (Wildman–Crippen MR) is 67.5 cm³/mol. The number of carboxylic acid groups (broad SMARTS) is 1. The highest BCUT2D eigenvalue weighted by Crippen LogP contribution is 2.21. The highest BCUT2D eigenvalue weighted by molar-refractivity contribution is 6.35. The van der Waals surface area contributed by atoms with E-state index in [0.29, 0.717) is 6.54 Å². The topological polar surface area (TPSA) is 79.7 Å². The van der Waals surface area contributed by atoms with Crippen LogP contribution in [0.25, 0.3) is 0 Å². The van der Waals surface area contributed by atoms with E-state index in [1.165, 1.54) is 17.2 Å². The van der Waals surface area contributed by atoms with E-state index in [9.17, 15) is 9.59 Å². The molecular weight excluding hydrogens is 295 g/mol. The lowest BCUT2D eigenvalue weighted by atomic mass is 10.2. The molecule has 0 aliphatic carbocycles. The molecule has 1 atom stereocenters. The Morgan fingerprint density at radius 3 is 2.89 bits per heavy atom. The third kappa shape index (κ3) is 3.15. The van der Waals surface area contributed by atoms with Gasteiger partial charge in [0, 0.05) is 12.7 Å². The van der Waals surface area contributed by atoms with Crippen LogP contribution in [0.1, 0.15) is 10.4 Å². The van der Waals surface area contributed by atoms with E-state index in [1.54, 1.807) is 0 Å². The molecule has 1 amide bonds. The van der Waals surface area contributed by atoms with Crippen LogP contribution in [-0.4, -0.2) is 52.7 Å². The van der Waals surface area contributed by atoms with E-state index in [4.69, 9.17) is 33.0 Å². The summed E-state index contributed by atoms with van der Waals surface area (Å²) in [4.78, 5) is 28.2. The van der Waals surface area contributed by atoms with Crippen molar-refractivity contribution in [3.05, 3.63) is 28.0 Å². The Bertz CT molecular complexity index is 523. The van der Waals surface area contributed by atoms with Crippen LogP contribution in [0.4, 0.5) is 0 Å². The Morgan fingerprint density at radius 1 is 1.47 bits per heavy atom. The number of pyridine rings is 1. The van der Waals surface area contributed by atoms with Crippen LogP contribution in [0.15, 0.2) is 12.3 Å². The molecule has 1 aliphatic heterocycles. The minimum Gasteiger partial charge on any atom is -0.479 e. The number of ether oxygens (including phenoxy) is 1. The van der Waals surface area contributed by atoms with Gasteiger partial charge in [-0.1, -0.05) is 23.2 Å². The second-order valence-electron chi connectivity index (χ2n) is 3.94. The molecule has 2 heterocycles. The Hall–Kier alpha value is -1.37. The molecule has 1 N–H and O–H groups in total. The second kappa shape index (κ2) is 5.73. The van der Waals surface area contributed by atoms with Gasteiger partial charge in [0.2, 0.25) is 0 Å². The number of rotatable bonds is 2. The number of hydrogen-bond donors (Lipinski definition) is 1. The zero-order valence-corrected chi connectivity index (χ0v) is 11.2. The average Bonchev–Trinajstić information content (AvgIpc) is 2.41. The number of hydrogen-bond acceptors (Lipinski definition) is 4. The van der Waals surface area contributed by atoms with Gasteiger partial charge in [-0.05, 0) is 6.07 Å². The van der Waals surface area contributed by atoms with Gasteiger partial charge in [-0.2, -0.15) is 0 Å². The van der Waals surface area contributed by atoms with E-state index in [0.717, 1.165) is 0 Å². The summed E-state index contributed by atoms with van der Waals surface area (Å²) < 4.78 is 5.04. The van der Waals surface area contributed by atoms with E-state index in [2.05, 4.69) is 4.98 Å². The predicted octanol–water partition coefficient (Wildman–Crippen LogP) is 1.31. The fourth-order valence-corrected chi connectivity index (χ4v) is 2.07. The minimum atomic E-state index is -1.10. The SMILES string of the molecule is O=C(O)C1CN(C(=O)c2cc(Cl)ncc2Cl)CCO1. The van der Waals surface area contributed by atoms with E-state index in [1.807, 2.05) is 0 Å². The standard InChI is InChI=1S/C11H10Cl2N2O4/c12-7-4-14-9(13)3-6(7)10(16)15-1-2-19-8(5-15)11(17)18/h3-4,8H,1-2,5H2,(H,17,18). The van der Waals surface area contributed by atoms with Gasteiger partial charge < -0.3 is 14.7 Å². The van der Waals surface area contributed by atoms with Crippen molar-refractivity contribution in [3.63, 3.8) is 0 Å². The largest absolute Gasteiger partial charge is 0.479 e. The highest BCUT2D eigenvalue weighted by atomic mass is 35.5. The lowest BCUT2D eigenvalue weighted by Gasteiger charge is -2.31. The van der Waals surface area contributed by atoms with Crippen molar-refractivity contribution in [2.45, 2.75) is 6.10 Å². The first-order valence-corrected chi connectivity index (χ1v) is 6.19. The first-order chi connectivity index (χ1) is 8.99. The molecule has 102 valence electrons. The van der Waals surface area contributed by atoms with E-state index < -0.39 is 12.1 Å². The van der Waals surface area contributed by atoms with Crippen LogP contribution in [0.3, 0.4) is 0 Å². The molecule has 1 fully saturated rings. The van der Waals surface area contributed by atoms with Gasteiger partial charge in [0.25, 0.3) is 5.91 Å². The van der Waals surface area contributed by atoms with Gasteiger partial charge in [-0.3, -0.25) is 4.79 Å². The number of nitrogens with zero attached hydrogens (tertiary/aromatic N) is 2. The first-order valence-electron chi connectivity index (χ1n) is 5.44. The van der Waals surface area contributed by atoms with Crippen LogP contribution < -0.4 is 0 Å². The quantitative estimate of drug-likeness (QED) is 0.833. The molecule has 0 bridgehead atoms. The number of aromatic nitrogens is 1. The normalized spacial score (nSPS) is 19.3. The van der Waals surface area contributed by atoms with Gasteiger partial charge in [0.05, 0.1) is 23.7 Å². The molecule has 1 saturated heterocycles. The summed E-state index contributed by atoms with van der Waals surface area (Å²) in [7, 11) is 0. The van der Waals surface area contributed by atoms with Gasteiger partial charge in [0.15, 0.2) is 6.10 Å². The summed E-state index contributed by atoms with van der Waals surface area (Å²) in [5, 5.41) is 9.21. The summed E-state index contributed by atoms with van der Waals surface area (Å²) in [5.74, 6) is -1.49. The van der Waals surface area contributed by atoms with Crippen LogP contribution in [0, 0.1) is 0 Å². The maximum absolute atomic E-state index is 12.2. The zero-order chi connectivity index (χ0) is 14.0. The number of morpholine rings is 1. The number of carboxylic acids is 1. The van der Waals surface area contributed by atoms with Crippen molar-refractivity contribution >= 4 is 35.1 Å². The van der Waals surface area contributed by atoms with Crippen LogP contribution >= 0.6 is 23.2 Å². The van der Waals surface area contributed by atoms with Gasteiger partial charge in [-0.15, -0.1) is 0 Å². The smallest absolute Gasteiger partial charge is 0.334 e. The summed E-state index contributed by atoms with van der Waals surface area (Å²) in [6.07, 6.45) is 0.264. The summed E-state index contributed by atoms with van der Waals surface area (Å²) in [6, 6.07) is 1.36. The molecule has 8 heteroatoms. The number of amides is 1. The highest BCUT2D eigenvalue weighted by Gasteiger charge is 2.30. The number of carbonyl (C=O) groups excluding carboxylic acids is 1. The van der Waals surface area contributed by atoms with Crippen molar-refractivity contribution in [1.82, 2.24) is 9.88 Å². The number of carbonyl (C=O) groups is 2. The van der Waals surface area contributed by atoms with Gasteiger partial charge in [0.1, 0.15) is 5.15 Å². The van der Waals surface area contributed by atoms with E-state index in [-0.39, 0.29) is 34.8 Å². The van der Waals surface area contributed by atoms with Crippen molar-refractivity contribution in [2.24, 2.45) is 0 Å². The first kappa shape index (κ1) is 14.0. The molecule has 1 aromatic rings. The molecular formula is C11H10Cl2N2O4. The Labute approximate surface area is 118 Å². The Kier molecular flexibility index (Phi) is 4.24. The lowest BCUT2D eigenvalue weighted by molar-refractivity contribution is -0.154. The molecule has 0 radical (unpaired) electrons. The van der Waals surface area contributed by atoms with Crippen molar-refractivity contribution in [1.29, 1.82) is 0 Å². The van der Waals surface area contributed by atoms with Crippen LogP contribution in [0.2, 0.25) is 10.2 Å². The molecule has 2 rings (SSSR count). The van der Waals surface area contributed by atoms with Crippen LogP contribution in [-0.2, 0) is 9.53 Å². The third-order valence-corrected chi connectivity index (χ3v) is 3.19. The zero-order valence-electron chi connectivity index (χ0n) is 9.68. The monoisotopic (exact) mass is 304 g/mol. The second-order valence-corrected chi connectivity index (χ2v) is 4.73. The summed E-state index contributed by atoms with van der Waals surface area (Å²) in [5.41, 5.74) is 0.202. The number of halogens is 2. The average molecular weight is 305 g/mol. The minimum absolute atomic E-state index is 0.0234. The van der Waals surface area contributed by atoms with Crippen molar-refractivity contribution in [2.75, 3.05) is 19.7 Å². The van der Waals surface area contributed by atoms with Crippen molar-refractivity contribution < 1.29 is 19.4 Å². The lowest BCUT2D eigenvalue weighted by Crippen LogP contribution is -2.48. The molecule has 6 nitrogen and oxygen atoms in total. The molecule has 19 heavy (non-hydrogen) atoms. The van der Waals surface area contributed by atoms with E-state index >= 15 is 0 Å². The Morgan fingerprint density at radius 2 is 2.21 bits per heavy atom. The molecule has 0 aromatic carbocycles. The van der Waals surface area contributed by atoms with Gasteiger partial charge >= 0.3 is 5.97 Å². The molecule has 1 aromatic heterocycles. The van der Waals surface area contributed by atoms with Crippen LogP contribution in [0.5, 0.6) is 0 Å². The third-order valence-electron chi connectivity index (χ3n) is 2.68. The molecule has 1 unspecified atom stereocenters. The summed E-state index contributed by atoms with van der Waals surface area (Å²) >= 11 is 11.6.